The highest BCUT2D eigenvalue weighted by atomic mass is 19.1. The van der Waals surface area contributed by atoms with E-state index >= 15 is 0 Å². The maximum atomic E-state index is 13.2. The zero-order chi connectivity index (χ0) is 18.5. The van der Waals surface area contributed by atoms with Crippen LogP contribution in [0.1, 0.15) is 16.8 Å². The smallest absolute Gasteiger partial charge is 0.256 e. The first-order valence-electron chi connectivity index (χ1n) is 8.46. The van der Waals surface area contributed by atoms with Gasteiger partial charge in [-0.15, -0.1) is 0 Å². The maximum absolute atomic E-state index is 13.2. The molecule has 0 fully saturated rings. The summed E-state index contributed by atoms with van der Waals surface area (Å²) in [5, 5.41) is 7.29. The fourth-order valence-corrected chi connectivity index (χ4v) is 2.69. The van der Waals surface area contributed by atoms with Crippen LogP contribution in [-0.4, -0.2) is 52.3 Å². The van der Waals surface area contributed by atoms with Gasteiger partial charge in [-0.05, 0) is 63.5 Å². The molecule has 0 saturated carbocycles. The molecule has 2 aromatic heterocycles. The van der Waals surface area contributed by atoms with Gasteiger partial charge in [-0.1, -0.05) is 0 Å². The van der Waals surface area contributed by atoms with Crippen LogP contribution in [-0.2, 0) is 0 Å². The highest BCUT2D eigenvalue weighted by molar-refractivity contribution is 5.97. The lowest BCUT2D eigenvalue weighted by Crippen LogP contribution is -2.27. The SMILES string of the molecule is CN(C)CCCNC(=O)c1cnn(-c2ccc(F)cc2)c1-n1cccc1. The van der Waals surface area contributed by atoms with Crippen molar-refractivity contribution in [2.75, 3.05) is 27.2 Å². The van der Waals surface area contributed by atoms with Crippen molar-refractivity contribution >= 4 is 5.91 Å². The molecule has 3 aromatic rings. The van der Waals surface area contributed by atoms with Gasteiger partial charge in [0.05, 0.1) is 11.9 Å². The van der Waals surface area contributed by atoms with E-state index < -0.39 is 0 Å². The van der Waals surface area contributed by atoms with Crippen LogP contribution in [0.15, 0.2) is 55.0 Å². The Hall–Kier alpha value is -2.93. The van der Waals surface area contributed by atoms with E-state index in [0.29, 0.717) is 23.6 Å². The topological polar surface area (TPSA) is 55.1 Å². The summed E-state index contributed by atoms with van der Waals surface area (Å²) in [5.74, 6) is 0.120. The number of nitrogens with one attached hydrogen (secondary N) is 1. The Kier molecular flexibility index (Phi) is 5.48. The van der Waals surface area contributed by atoms with E-state index in [1.165, 1.54) is 12.1 Å². The van der Waals surface area contributed by atoms with Gasteiger partial charge in [-0.2, -0.15) is 5.10 Å². The number of carbonyl (C=O) groups is 1. The lowest BCUT2D eigenvalue weighted by molar-refractivity contribution is 0.0952. The number of nitrogens with zero attached hydrogens (tertiary/aromatic N) is 4. The molecule has 1 amide bonds. The van der Waals surface area contributed by atoms with Gasteiger partial charge < -0.3 is 14.8 Å². The Balaban J connectivity index is 1.88. The second-order valence-corrected chi connectivity index (χ2v) is 6.27. The molecule has 0 radical (unpaired) electrons. The lowest BCUT2D eigenvalue weighted by atomic mass is 10.2. The van der Waals surface area contributed by atoms with Crippen LogP contribution in [0.5, 0.6) is 0 Å². The van der Waals surface area contributed by atoms with Crippen LogP contribution >= 0.6 is 0 Å². The Morgan fingerprint density at radius 3 is 2.54 bits per heavy atom. The Labute approximate surface area is 151 Å². The molecule has 1 N–H and O–H groups in total. The molecule has 26 heavy (non-hydrogen) atoms. The van der Waals surface area contributed by atoms with Crippen LogP contribution in [0.3, 0.4) is 0 Å². The van der Waals surface area contributed by atoms with Crippen LogP contribution in [0.25, 0.3) is 11.5 Å². The van der Waals surface area contributed by atoms with Gasteiger partial charge in [0, 0.05) is 18.9 Å². The molecule has 2 heterocycles. The highest BCUT2D eigenvalue weighted by Gasteiger charge is 2.19. The third-order valence-electron chi connectivity index (χ3n) is 3.98. The minimum atomic E-state index is -0.317. The first kappa shape index (κ1) is 17.9. The quantitative estimate of drug-likeness (QED) is 0.663. The van der Waals surface area contributed by atoms with Crippen LogP contribution in [0, 0.1) is 5.82 Å². The monoisotopic (exact) mass is 355 g/mol. The van der Waals surface area contributed by atoms with Crippen molar-refractivity contribution in [2.24, 2.45) is 0 Å². The van der Waals surface area contributed by atoms with E-state index in [-0.39, 0.29) is 11.7 Å². The van der Waals surface area contributed by atoms with Gasteiger partial charge in [0.1, 0.15) is 11.4 Å². The van der Waals surface area contributed by atoms with E-state index in [4.69, 9.17) is 0 Å². The molecule has 0 aliphatic heterocycles. The summed E-state index contributed by atoms with van der Waals surface area (Å²) < 4.78 is 16.7. The largest absolute Gasteiger partial charge is 0.352 e. The van der Waals surface area contributed by atoms with Crippen molar-refractivity contribution in [1.82, 2.24) is 24.6 Å². The molecule has 0 bridgehead atoms. The molecule has 0 aliphatic rings. The maximum Gasteiger partial charge on any atom is 0.256 e. The van der Waals surface area contributed by atoms with Crippen molar-refractivity contribution in [1.29, 1.82) is 0 Å². The minimum absolute atomic E-state index is 0.180. The van der Waals surface area contributed by atoms with Gasteiger partial charge in [0.25, 0.3) is 5.91 Å². The molecule has 1 aromatic carbocycles. The molecule has 3 rings (SSSR count). The third kappa shape index (κ3) is 4.00. The van der Waals surface area contributed by atoms with E-state index in [9.17, 15) is 9.18 Å². The van der Waals surface area contributed by atoms with E-state index in [0.717, 1.165) is 13.0 Å². The fraction of sp³-hybridized carbons (Fsp3) is 0.263. The average molecular weight is 355 g/mol. The summed E-state index contributed by atoms with van der Waals surface area (Å²) >= 11 is 0. The van der Waals surface area contributed by atoms with Crippen molar-refractivity contribution in [3.63, 3.8) is 0 Å². The molecule has 0 atom stereocenters. The molecular formula is C19H22FN5O. The van der Waals surface area contributed by atoms with E-state index in [1.54, 1.807) is 23.0 Å². The second kappa shape index (κ2) is 7.97. The van der Waals surface area contributed by atoms with Crippen molar-refractivity contribution in [3.8, 4) is 11.5 Å². The number of hydrogen-bond donors (Lipinski definition) is 1. The van der Waals surface area contributed by atoms with E-state index in [2.05, 4.69) is 15.3 Å². The van der Waals surface area contributed by atoms with Gasteiger partial charge in [0.15, 0.2) is 5.82 Å². The highest BCUT2D eigenvalue weighted by Crippen LogP contribution is 2.20. The number of halogens is 1. The molecule has 0 saturated heterocycles. The number of aromatic nitrogens is 3. The summed E-state index contributed by atoms with van der Waals surface area (Å²) in [6.45, 7) is 1.49. The number of rotatable bonds is 7. The summed E-state index contributed by atoms with van der Waals surface area (Å²) in [7, 11) is 4.00. The number of benzene rings is 1. The fourth-order valence-electron chi connectivity index (χ4n) is 2.69. The van der Waals surface area contributed by atoms with Crippen molar-refractivity contribution < 1.29 is 9.18 Å². The lowest BCUT2D eigenvalue weighted by Gasteiger charge is -2.12. The summed E-state index contributed by atoms with van der Waals surface area (Å²) in [6.07, 6.45) is 6.10. The van der Waals surface area contributed by atoms with Gasteiger partial charge >= 0.3 is 0 Å². The standard InChI is InChI=1S/C19H22FN5O/c1-23(2)11-5-10-21-18(26)17-14-22-25(16-8-6-15(20)7-9-16)19(17)24-12-3-4-13-24/h3-4,6-9,12-14H,5,10-11H2,1-2H3,(H,21,26). The first-order chi connectivity index (χ1) is 12.6. The summed E-state index contributed by atoms with van der Waals surface area (Å²) in [4.78, 5) is 14.7. The Bertz CT molecular complexity index is 853. The zero-order valence-corrected chi connectivity index (χ0v) is 14.9. The number of hydrogen-bond acceptors (Lipinski definition) is 3. The van der Waals surface area contributed by atoms with E-state index in [1.807, 2.05) is 43.2 Å². The second-order valence-electron chi connectivity index (χ2n) is 6.27. The molecule has 0 spiro atoms. The molecule has 6 nitrogen and oxygen atoms in total. The first-order valence-corrected chi connectivity index (χ1v) is 8.46. The van der Waals surface area contributed by atoms with Crippen LogP contribution in [0.2, 0.25) is 0 Å². The number of amides is 1. The third-order valence-corrected chi connectivity index (χ3v) is 3.98. The predicted molar refractivity (Wildman–Crippen MR) is 98.4 cm³/mol. The Morgan fingerprint density at radius 2 is 1.88 bits per heavy atom. The Morgan fingerprint density at radius 1 is 1.19 bits per heavy atom. The van der Waals surface area contributed by atoms with Crippen LogP contribution in [0.4, 0.5) is 4.39 Å². The van der Waals surface area contributed by atoms with Gasteiger partial charge in [-0.25, -0.2) is 9.07 Å². The number of carbonyl (C=O) groups excluding carboxylic acids is 1. The molecule has 136 valence electrons. The van der Waals surface area contributed by atoms with Gasteiger partial charge in [-0.3, -0.25) is 4.79 Å². The molecular weight excluding hydrogens is 333 g/mol. The zero-order valence-electron chi connectivity index (χ0n) is 14.9. The van der Waals surface area contributed by atoms with Gasteiger partial charge in [0.2, 0.25) is 0 Å². The molecule has 0 aliphatic carbocycles. The molecule has 0 unspecified atom stereocenters. The van der Waals surface area contributed by atoms with Crippen LogP contribution < -0.4 is 5.32 Å². The predicted octanol–water partition coefficient (Wildman–Crippen LogP) is 2.48. The normalized spacial score (nSPS) is 11.1. The minimum Gasteiger partial charge on any atom is -0.352 e. The van der Waals surface area contributed by atoms with Crippen molar-refractivity contribution in [3.05, 3.63) is 66.4 Å². The summed E-state index contributed by atoms with van der Waals surface area (Å²) in [5.41, 5.74) is 1.15. The summed E-state index contributed by atoms with van der Waals surface area (Å²) in [6, 6.07) is 9.76. The van der Waals surface area contributed by atoms with Crippen molar-refractivity contribution in [2.45, 2.75) is 6.42 Å². The molecule has 7 heteroatoms. The average Bonchev–Trinajstić information content (AvgIpc) is 3.28.